The molecule has 0 aliphatic heterocycles. The Hall–Kier alpha value is -0.518. The topological polar surface area (TPSA) is 12.9 Å². The van der Waals surface area contributed by atoms with Gasteiger partial charge in [-0.25, -0.2) is 0 Å². The summed E-state index contributed by atoms with van der Waals surface area (Å²) in [6, 6.07) is 15.1. The minimum absolute atomic E-state index is 0.181. The molecule has 0 spiro atoms. The number of nitrogens with zero attached hydrogens (tertiary/aromatic N) is 1. The van der Waals surface area contributed by atoms with Crippen molar-refractivity contribution >= 4 is 20.1 Å². The molecule has 1 atom stereocenters. The Morgan fingerprint density at radius 1 is 1.12 bits per heavy atom. The molecule has 131 valence electrons. The molecule has 3 rings (SSSR count). The molecule has 1 nitrogen and oxygen atoms in total. The van der Waals surface area contributed by atoms with Crippen LogP contribution in [-0.4, -0.2) is 4.98 Å². The zero-order chi connectivity index (χ0) is 18.0. The fourth-order valence-electron chi connectivity index (χ4n) is 3.46. The van der Waals surface area contributed by atoms with Crippen LogP contribution in [0.5, 0.6) is 0 Å². The molecule has 1 aromatic heterocycles. The summed E-state index contributed by atoms with van der Waals surface area (Å²) >= 11 is -0.181. The van der Waals surface area contributed by atoms with Gasteiger partial charge >= 0.3 is 33.5 Å². The van der Waals surface area contributed by atoms with Gasteiger partial charge in [-0.1, -0.05) is 44.2 Å². The van der Waals surface area contributed by atoms with Crippen molar-refractivity contribution in [1.82, 2.24) is 4.98 Å². The van der Waals surface area contributed by atoms with E-state index in [1.165, 1.54) is 18.5 Å². The number of aryl methyl sites for hydroxylation is 1. The first kappa shape index (κ1) is 21.5. The van der Waals surface area contributed by atoms with Gasteiger partial charge < -0.3 is 6.92 Å². The molecule has 4 heteroatoms. The summed E-state index contributed by atoms with van der Waals surface area (Å²) in [4.78, 5) is 4.49. The number of pyridine rings is 1. The number of hydrogen-bond donors (Lipinski definition) is 0. The van der Waals surface area contributed by atoms with Gasteiger partial charge in [0, 0.05) is 11.9 Å². The van der Waals surface area contributed by atoms with Crippen LogP contribution in [0.2, 0.25) is 0 Å². The average molecular weight is 403 g/mol. The summed E-state index contributed by atoms with van der Waals surface area (Å²) in [7, 11) is 9.65. The maximum absolute atomic E-state index is 4.83. The SMILES string of the molecule is CC(C)(Cc1ccccn1)C1CCc2ccccc21.[CH2-]C.[Cl][Cr+][Cl]. The second kappa shape index (κ2) is 11.2. The van der Waals surface area contributed by atoms with Crippen LogP contribution in [0.25, 0.3) is 0 Å². The minimum atomic E-state index is -0.181. The second-order valence-corrected chi connectivity index (χ2v) is 8.44. The van der Waals surface area contributed by atoms with Crippen molar-refractivity contribution in [3.63, 3.8) is 0 Å². The Morgan fingerprint density at radius 2 is 1.75 bits per heavy atom. The quantitative estimate of drug-likeness (QED) is 0.527. The van der Waals surface area contributed by atoms with Gasteiger partial charge in [-0.15, -0.1) is 0 Å². The summed E-state index contributed by atoms with van der Waals surface area (Å²) in [5, 5.41) is 0. The van der Waals surface area contributed by atoms with E-state index in [0.717, 1.165) is 6.42 Å². The molecule has 24 heavy (non-hydrogen) atoms. The molecule has 1 aromatic carbocycles. The van der Waals surface area contributed by atoms with E-state index >= 15 is 0 Å². The van der Waals surface area contributed by atoms with E-state index in [0.29, 0.717) is 5.92 Å². The third-order valence-corrected chi connectivity index (χ3v) is 4.44. The number of rotatable bonds is 3. The average Bonchev–Trinajstić information content (AvgIpc) is 3.03. The molecule has 1 heterocycles. The van der Waals surface area contributed by atoms with Gasteiger partial charge in [-0.2, -0.15) is 6.92 Å². The molecule has 0 amide bonds. The maximum atomic E-state index is 4.83. The molecule has 2 aromatic rings. The van der Waals surface area contributed by atoms with E-state index in [9.17, 15) is 0 Å². The van der Waals surface area contributed by atoms with Gasteiger partial charge in [-0.05, 0) is 53.9 Å². The Bertz CT molecular complexity index is 587. The Morgan fingerprint density at radius 3 is 2.38 bits per heavy atom. The van der Waals surface area contributed by atoms with Crippen LogP contribution < -0.4 is 0 Å². The van der Waals surface area contributed by atoms with Crippen molar-refractivity contribution in [2.45, 2.75) is 46.0 Å². The van der Waals surface area contributed by atoms with Crippen molar-refractivity contribution in [2.75, 3.05) is 0 Å². The standard InChI is InChI=1S/C18H21N.C2H5.2ClH.Cr/c1-18(2,13-15-8-5-6-12-19-15)17-11-10-14-7-3-4-9-16(14)17;1-2;;;/h3-9,12,17H,10-11,13H2,1-2H3;1H2,2H3;2*1H;/q;-1;;;+3/p-2. The second-order valence-electron chi connectivity index (χ2n) is 6.33. The molecular weight excluding hydrogens is 377 g/mol. The summed E-state index contributed by atoms with van der Waals surface area (Å²) in [5.74, 6) is 0.658. The van der Waals surface area contributed by atoms with Crippen molar-refractivity contribution < 1.29 is 13.4 Å². The number of halogens is 2. The molecular formula is C20H26Cl2CrN. The monoisotopic (exact) mass is 402 g/mol. The molecule has 1 aliphatic rings. The van der Waals surface area contributed by atoms with E-state index in [-0.39, 0.29) is 18.8 Å². The molecule has 0 N–H and O–H groups in total. The van der Waals surface area contributed by atoms with Crippen LogP contribution in [0.4, 0.5) is 0 Å². The fourth-order valence-corrected chi connectivity index (χ4v) is 3.46. The number of fused-ring (bicyclic) bond motifs is 1. The zero-order valence-electron chi connectivity index (χ0n) is 14.6. The van der Waals surface area contributed by atoms with Crippen LogP contribution >= 0.6 is 20.1 Å². The van der Waals surface area contributed by atoms with Gasteiger partial charge in [0.2, 0.25) is 0 Å². The zero-order valence-corrected chi connectivity index (χ0v) is 17.4. The Balaban J connectivity index is 0.000000521. The summed E-state index contributed by atoms with van der Waals surface area (Å²) in [5.41, 5.74) is 4.57. The Labute approximate surface area is 161 Å². The van der Waals surface area contributed by atoms with Gasteiger partial charge in [-0.3, -0.25) is 4.98 Å². The number of benzene rings is 1. The first-order valence-electron chi connectivity index (χ1n) is 8.16. The third kappa shape index (κ3) is 6.09. The predicted molar refractivity (Wildman–Crippen MR) is 102 cm³/mol. The summed E-state index contributed by atoms with van der Waals surface area (Å²) in [6.45, 7) is 9.77. The van der Waals surface area contributed by atoms with E-state index in [2.05, 4.69) is 62.2 Å². The van der Waals surface area contributed by atoms with E-state index in [4.69, 9.17) is 20.1 Å². The number of aromatic nitrogens is 1. The van der Waals surface area contributed by atoms with Crippen LogP contribution in [0, 0.1) is 12.3 Å². The van der Waals surface area contributed by atoms with Crippen LogP contribution in [0.1, 0.15) is 49.9 Å². The summed E-state index contributed by atoms with van der Waals surface area (Å²) in [6.07, 6.45) is 5.45. The molecule has 0 fully saturated rings. The van der Waals surface area contributed by atoms with Crippen molar-refractivity contribution in [3.8, 4) is 0 Å². The van der Waals surface area contributed by atoms with Crippen molar-refractivity contribution in [1.29, 1.82) is 0 Å². The van der Waals surface area contributed by atoms with Crippen molar-refractivity contribution in [3.05, 3.63) is 72.4 Å². The predicted octanol–water partition coefficient (Wildman–Crippen LogP) is 6.60. The molecule has 0 radical (unpaired) electrons. The molecule has 0 saturated carbocycles. The van der Waals surface area contributed by atoms with E-state index in [1.54, 1.807) is 18.1 Å². The van der Waals surface area contributed by atoms with Gasteiger partial charge in [0.15, 0.2) is 0 Å². The number of hydrogen-bond acceptors (Lipinski definition) is 1. The molecule has 1 aliphatic carbocycles. The van der Waals surface area contributed by atoms with Gasteiger partial charge in [0.25, 0.3) is 0 Å². The van der Waals surface area contributed by atoms with Crippen LogP contribution in [-0.2, 0) is 26.2 Å². The fraction of sp³-hybridized carbons (Fsp3) is 0.400. The first-order chi connectivity index (χ1) is 11.6. The van der Waals surface area contributed by atoms with Gasteiger partial charge in [0.1, 0.15) is 0 Å². The van der Waals surface area contributed by atoms with Gasteiger partial charge in [0.05, 0.1) is 0 Å². The summed E-state index contributed by atoms with van der Waals surface area (Å²) < 4.78 is 0. The van der Waals surface area contributed by atoms with Crippen molar-refractivity contribution in [2.24, 2.45) is 5.41 Å². The Kier molecular flexibility index (Phi) is 10.0. The van der Waals surface area contributed by atoms with E-state index in [1.807, 2.05) is 12.3 Å². The molecule has 0 saturated heterocycles. The van der Waals surface area contributed by atoms with Crippen LogP contribution in [0.3, 0.4) is 0 Å². The third-order valence-electron chi connectivity index (χ3n) is 4.44. The molecule has 1 unspecified atom stereocenters. The van der Waals surface area contributed by atoms with E-state index < -0.39 is 0 Å². The van der Waals surface area contributed by atoms with Crippen LogP contribution in [0.15, 0.2) is 48.7 Å². The molecule has 0 bridgehead atoms. The first-order valence-corrected chi connectivity index (χ1v) is 11.7. The normalized spacial score (nSPS) is 15.3.